The molecule has 4 heteroatoms. The van der Waals surface area contributed by atoms with Crippen LogP contribution in [0.2, 0.25) is 0 Å². The molecule has 0 fully saturated rings. The summed E-state index contributed by atoms with van der Waals surface area (Å²) in [7, 11) is 4.21. The smallest absolute Gasteiger partial charge is 0.101 e. The van der Waals surface area contributed by atoms with Gasteiger partial charge < -0.3 is 10.2 Å². The van der Waals surface area contributed by atoms with E-state index in [0.717, 1.165) is 29.4 Å². The largest absolute Gasteiger partial charge is 0.310 e. The Labute approximate surface area is 132 Å². The van der Waals surface area contributed by atoms with Crippen molar-refractivity contribution >= 4 is 22.7 Å². The van der Waals surface area contributed by atoms with Gasteiger partial charge in [-0.15, -0.1) is 11.8 Å². The Morgan fingerprint density at radius 3 is 2.71 bits per heavy atom. The van der Waals surface area contributed by atoms with Crippen molar-refractivity contribution in [1.82, 2.24) is 15.2 Å². The topological polar surface area (TPSA) is 28.2 Å². The summed E-state index contributed by atoms with van der Waals surface area (Å²) in [5, 5.41) is 5.88. The SMILES string of the molecule is CC(C)NCc1cc2ccccc2nc1SCCN(C)C. The van der Waals surface area contributed by atoms with Crippen LogP contribution in [0.25, 0.3) is 10.9 Å². The lowest BCUT2D eigenvalue weighted by Gasteiger charge is -2.14. The van der Waals surface area contributed by atoms with Crippen molar-refractivity contribution in [2.24, 2.45) is 0 Å². The first-order chi connectivity index (χ1) is 10.1. The zero-order valence-electron chi connectivity index (χ0n) is 13.4. The van der Waals surface area contributed by atoms with Crippen LogP contribution in [0.15, 0.2) is 35.4 Å². The molecule has 0 saturated carbocycles. The highest BCUT2D eigenvalue weighted by molar-refractivity contribution is 7.99. The number of hydrogen-bond donors (Lipinski definition) is 1. The van der Waals surface area contributed by atoms with E-state index in [0.29, 0.717) is 6.04 Å². The number of benzene rings is 1. The molecule has 114 valence electrons. The molecule has 2 rings (SSSR count). The van der Waals surface area contributed by atoms with Gasteiger partial charge in [0, 0.05) is 30.3 Å². The van der Waals surface area contributed by atoms with Crippen molar-refractivity contribution in [3.8, 4) is 0 Å². The van der Waals surface area contributed by atoms with Crippen molar-refractivity contribution in [3.63, 3.8) is 0 Å². The highest BCUT2D eigenvalue weighted by Crippen LogP contribution is 2.25. The van der Waals surface area contributed by atoms with Gasteiger partial charge in [-0.25, -0.2) is 4.98 Å². The second kappa shape index (κ2) is 7.78. The minimum Gasteiger partial charge on any atom is -0.310 e. The lowest BCUT2D eigenvalue weighted by molar-refractivity contribution is 0.437. The second-order valence-corrected chi connectivity index (χ2v) is 6.92. The van der Waals surface area contributed by atoms with E-state index in [9.17, 15) is 0 Å². The minimum atomic E-state index is 0.482. The molecule has 0 bridgehead atoms. The summed E-state index contributed by atoms with van der Waals surface area (Å²) in [5.74, 6) is 1.06. The Bertz CT molecular complexity index is 581. The Morgan fingerprint density at radius 2 is 2.00 bits per heavy atom. The summed E-state index contributed by atoms with van der Waals surface area (Å²) in [6, 6.07) is 11.1. The highest BCUT2D eigenvalue weighted by atomic mass is 32.2. The van der Waals surface area contributed by atoms with Crippen LogP contribution in [0.1, 0.15) is 19.4 Å². The number of nitrogens with one attached hydrogen (secondary N) is 1. The van der Waals surface area contributed by atoms with Crippen molar-refractivity contribution in [2.45, 2.75) is 31.5 Å². The van der Waals surface area contributed by atoms with E-state index in [-0.39, 0.29) is 0 Å². The first kappa shape index (κ1) is 16.3. The quantitative estimate of drug-likeness (QED) is 0.794. The normalized spacial score (nSPS) is 11.7. The summed E-state index contributed by atoms with van der Waals surface area (Å²) >= 11 is 1.85. The molecule has 1 aromatic carbocycles. The number of para-hydroxylation sites is 1. The summed E-state index contributed by atoms with van der Waals surface area (Å²) in [6.07, 6.45) is 0. The van der Waals surface area contributed by atoms with Gasteiger partial charge in [0.25, 0.3) is 0 Å². The van der Waals surface area contributed by atoms with Crippen LogP contribution in [0.4, 0.5) is 0 Å². The fourth-order valence-corrected chi connectivity index (χ4v) is 3.16. The molecule has 1 heterocycles. The van der Waals surface area contributed by atoms with Crippen LogP contribution in [0.3, 0.4) is 0 Å². The third kappa shape index (κ3) is 4.99. The van der Waals surface area contributed by atoms with Gasteiger partial charge in [-0.2, -0.15) is 0 Å². The maximum absolute atomic E-state index is 4.85. The van der Waals surface area contributed by atoms with Gasteiger partial charge >= 0.3 is 0 Å². The van der Waals surface area contributed by atoms with E-state index in [1.807, 2.05) is 11.8 Å². The second-order valence-electron chi connectivity index (χ2n) is 5.83. The van der Waals surface area contributed by atoms with E-state index < -0.39 is 0 Å². The van der Waals surface area contributed by atoms with Gasteiger partial charge in [-0.3, -0.25) is 0 Å². The Balaban J connectivity index is 2.22. The Kier molecular flexibility index (Phi) is 6.03. The number of pyridine rings is 1. The van der Waals surface area contributed by atoms with E-state index >= 15 is 0 Å². The molecule has 0 spiro atoms. The average Bonchev–Trinajstić information content (AvgIpc) is 2.44. The molecule has 0 unspecified atom stereocenters. The van der Waals surface area contributed by atoms with Crippen LogP contribution < -0.4 is 5.32 Å². The summed E-state index contributed by atoms with van der Waals surface area (Å²) in [6.45, 7) is 6.29. The number of hydrogen-bond acceptors (Lipinski definition) is 4. The standard InChI is InChI=1S/C17H25N3S/c1-13(2)18-12-15-11-14-7-5-6-8-16(14)19-17(15)21-10-9-20(3)4/h5-8,11,13,18H,9-10,12H2,1-4H3. The maximum Gasteiger partial charge on any atom is 0.101 e. The molecule has 0 aliphatic heterocycles. The monoisotopic (exact) mass is 303 g/mol. The number of aromatic nitrogens is 1. The molecule has 0 aliphatic rings. The van der Waals surface area contributed by atoms with Gasteiger partial charge in [0.1, 0.15) is 5.03 Å². The van der Waals surface area contributed by atoms with Crippen molar-refractivity contribution in [2.75, 3.05) is 26.4 Å². The molecule has 0 aliphatic carbocycles. The number of nitrogens with zero attached hydrogens (tertiary/aromatic N) is 2. The van der Waals surface area contributed by atoms with Crippen LogP contribution in [0.5, 0.6) is 0 Å². The van der Waals surface area contributed by atoms with Gasteiger partial charge in [0.15, 0.2) is 0 Å². The predicted molar refractivity (Wildman–Crippen MR) is 93.0 cm³/mol. The Hall–Kier alpha value is -1.10. The predicted octanol–water partition coefficient (Wildman–Crippen LogP) is 3.39. The Morgan fingerprint density at radius 1 is 1.24 bits per heavy atom. The molecular weight excluding hydrogens is 278 g/mol. The molecule has 0 amide bonds. The summed E-state index contributed by atoms with van der Waals surface area (Å²) in [4.78, 5) is 7.06. The first-order valence-electron chi connectivity index (χ1n) is 7.46. The fraction of sp³-hybridized carbons (Fsp3) is 0.471. The van der Waals surface area contributed by atoms with Gasteiger partial charge in [-0.05, 0) is 31.8 Å². The van der Waals surface area contributed by atoms with E-state index in [2.05, 4.69) is 68.5 Å². The maximum atomic E-state index is 4.85. The third-order valence-corrected chi connectivity index (χ3v) is 4.25. The summed E-state index contributed by atoms with van der Waals surface area (Å²) < 4.78 is 0. The van der Waals surface area contributed by atoms with Crippen LogP contribution in [-0.4, -0.2) is 42.3 Å². The molecule has 1 aromatic heterocycles. The number of rotatable bonds is 7. The molecule has 21 heavy (non-hydrogen) atoms. The molecular formula is C17H25N3S. The van der Waals surface area contributed by atoms with Crippen molar-refractivity contribution in [1.29, 1.82) is 0 Å². The zero-order valence-corrected chi connectivity index (χ0v) is 14.2. The molecule has 2 aromatic rings. The van der Waals surface area contributed by atoms with E-state index in [1.54, 1.807) is 0 Å². The summed E-state index contributed by atoms with van der Waals surface area (Å²) in [5.41, 5.74) is 2.38. The fourth-order valence-electron chi connectivity index (χ4n) is 2.03. The van der Waals surface area contributed by atoms with Crippen LogP contribution in [-0.2, 0) is 6.54 Å². The minimum absolute atomic E-state index is 0.482. The molecule has 0 saturated heterocycles. The third-order valence-electron chi connectivity index (χ3n) is 3.24. The number of fused-ring (bicyclic) bond motifs is 1. The van der Waals surface area contributed by atoms with Crippen LogP contribution >= 0.6 is 11.8 Å². The molecule has 3 nitrogen and oxygen atoms in total. The van der Waals surface area contributed by atoms with E-state index in [1.165, 1.54) is 10.9 Å². The number of thioether (sulfide) groups is 1. The lowest BCUT2D eigenvalue weighted by atomic mass is 10.1. The molecule has 0 radical (unpaired) electrons. The average molecular weight is 303 g/mol. The first-order valence-corrected chi connectivity index (χ1v) is 8.44. The lowest BCUT2D eigenvalue weighted by Crippen LogP contribution is -2.22. The van der Waals surface area contributed by atoms with E-state index in [4.69, 9.17) is 4.98 Å². The highest BCUT2D eigenvalue weighted by Gasteiger charge is 2.08. The molecule has 0 atom stereocenters. The van der Waals surface area contributed by atoms with Crippen molar-refractivity contribution in [3.05, 3.63) is 35.9 Å². The van der Waals surface area contributed by atoms with Gasteiger partial charge in [-0.1, -0.05) is 32.0 Å². The van der Waals surface area contributed by atoms with Gasteiger partial charge in [0.05, 0.1) is 5.52 Å². The zero-order chi connectivity index (χ0) is 15.2. The van der Waals surface area contributed by atoms with Gasteiger partial charge in [0.2, 0.25) is 0 Å². The van der Waals surface area contributed by atoms with Crippen molar-refractivity contribution < 1.29 is 0 Å². The molecule has 1 N–H and O–H groups in total. The van der Waals surface area contributed by atoms with Crippen LogP contribution in [0, 0.1) is 0 Å².